The Morgan fingerprint density at radius 1 is 1.04 bits per heavy atom. The van der Waals surface area contributed by atoms with Gasteiger partial charge >= 0.3 is 0 Å². The fourth-order valence-electron chi connectivity index (χ4n) is 3.18. The number of pyridine rings is 1. The van der Waals surface area contributed by atoms with E-state index in [0.717, 1.165) is 39.6 Å². The molecule has 26 heavy (non-hydrogen) atoms. The van der Waals surface area contributed by atoms with Crippen LogP contribution >= 0.6 is 0 Å². The number of rotatable bonds is 3. The first kappa shape index (κ1) is 16.1. The summed E-state index contributed by atoms with van der Waals surface area (Å²) in [5.74, 6) is 1.76. The van der Waals surface area contributed by atoms with E-state index in [4.69, 9.17) is 4.52 Å². The summed E-state index contributed by atoms with van der Waals surface area (Å²) >= 11 is 0. The molecule has 0 radical (unpaired) electrons. The van der Waals surface area contributed by atoms with Crippen molar-refractivity contribution < 1.29 is 9.63 Å². The van der Waals surface area contributed by atoms with Gasteiger partial charge in [0.2, 0.25) is 0 Å². The molecule has 3 aromatic heterocycles. The van der Waals surface area contributed by atoms with Gasteiger partial charge in [-0.2, -0.15) is 0 Å². The van der Waals surface area contributed by atoms with Gasteiger partial charge in [-0.25, -0.2) is 4.98 Å². The summed E-state index contributed by atoms with van der Waals surface area (Å²) in [6.07, 6.45) is 3.98. The van der Waals surface area contributed by atoms with Crippen molar-refractivity contribution in [1.29, 1.82) is 0 Å². The van der Waals surface area contributed by atoms with Crippen LogP contribution in [0.2, 0.25) is 0 Å². The molecule has 0 aliphatic heterocycles. The molecule has 0 bridgehead atoms. The van der Waals surface area contributed by atoms with Gasteiger partial charge in [0, 0.05) is 22.8 Å². The minimum absolute atomic E-state index is 0.192. The smallest absolute Gasteiger partial charge is 0.180 e. The minimum atomic E-state index is 0.192. The van der Waals surface area contributed by atoms with Crippen LogP contribution in [-0.4, -0.2) is 19.8 Å². The van der Waals surface area contributed by atoms with Gasteiger partial charge in [-0.15, -0.1) is 0 Å². The molecule has 3 heterocycles. The van der Waals surface area contributed by atoms with Crippen molar-refractivity contribution >= 4 is 23.1 Å². The van der Waals surface area contributed by atoms with E-state index in [1.54, 1.807) is 6.07 Å². The Balaban J connectivity index is 1.70. The molecule has 0 aliphatic rings. The van der Waals surface area contributed by atoms with Crippen LogP contribution < -0.4 is 0 Å². The molecule has 0 saturated heterocycles. The summed E-state index contributed by atoms with van der Waals surface area (Å²) < 4.78 is 7.26. The van der Waals surface area contributed by atoms with E-state index in [2.05, 4.69) is 27.7 Å². The molecule has 4 aromatic rings. The summed E-state index contributed by atoms with van der Waals surface area (Å²) in [5, 5.41) is 15.0. The first-order valence-electron chi connectivity index (χ1n) is 8.42. The number of para-hydroxylation sites is 1. The number of hydrogen-bond acceptors (Lipinski definition) is 4. The van der Waals surface area contributed by atoms with Crippen molar-refractivity contribution in [2.45, 2.75) is 20.8 Å². The number of benzene rings is 1. The van der Waals surface area contributed by atoms with E-state index in [9.17, 15) is 5.11 Å². The highest BCUT2D eigenvalue weighted by Crippen LogP contribution is 2.24. The molecule has 0 saturated carbocycles. The quantitative estimate of drug-likeness (QED) is 0.578. The Morgan fingerprint density at radius 2 is 1.88 bits per heavy atom. The topological polar surface area (TPSA) is 64.1 Å². The second-order valence-corrected chi connectivity index (χ2v) is 6.38. The molecule has 0 atom stereocenters. The van der Waals surface area contributed by atoms with E-state index in [0.29, 0.717) is 5.52 Å². The number of hydrogen-bond donors (Lipinski definition) is 1. The van der Waals surface area contributed by atoms with Gasteiger partial charge in [0.05, 0.1) is 5.69 Å². The van der Waals surface area contributed by atoms with Gasteiger partial charge in [-0.3, -0.25) is 4.57 Å². The fraction of sp³-hybridized carbons (Fsp3) is 0.143. The molecule has 1 aromatic carbocycles. The average Bonchev–Trinajstić information content (AvgIpc) is 3.16. The third-order valence-electron chi connectivity index (χ3n) is 4.47. The summed E-state index contributed by atoms with van der Waals surface area (Å²) in [5.41, 5.74) is 4.65. The molecule has 1 N–H and O–H groups in total. The number of phenols is 1. The molecule has 0 amide bonds. The second kappa shape index (κ2) is 6.19. The van der Waals surface area contributed by atoms with Crippen molar-refractivity contribution in [2.24, 2.45) is 0 Å². The highest BCUT2D eigenvalue weighted by atomic mass is 16.5. The molecular weight excluding hydrogens is 326 g/mol. The second-order valence-electron chi connectivity index (χ2n) is 6.38. The maximum Gasteiger partial charge on any atom is 0.180 e. The van der Waals surface area contributed by atoms with Crippen LogP contribution in [0, 0.1) is 20.8 Å². The summed E-state index contributed by atoms with van der Waals surface area (Å²) in [7, 11) is 0. The molecule has 0 fully saturated rings. The maximum absolute atomic E-state index is 9.99. The third kappa shape index (κ3) is 2.77. The molecule has 0 unspecified atom stereocenters. The lowest BCUT2D eigenvalue weighted by atomic mass is 10.1. The summed E-state index contributed by atoms with van der Waals surface area (Å²) in [4.78, 5) is 4.54. The zero-order valence-corrected chi connectivity index (χ0v) is 14.9. The average molecular weight is 345 g/mol. The Labute approximate surface area is 151 Å². The van der Waals surface area contributed by atoms with Crippen molar-refractivity contribution in [3.8, 4) is 11.6 Å². The fourth-order valence-corrected chi connectivity index (χ4v) is 3.18. The van der Waals surface area contributed by atoms with E-state index in [1.165, 1.54) is 0 Å². The Bertz CT molecular complexity index is 1140. The van der Waals surface area contributed by atoms with E-state index in [1.807, 2.05) is 56.3 Å². The van der Waals surface area contributed by atoms with Gasteiger partial charge < -0.3 is 9.63 Å². The predicted molar refractivity (Wildman–Crippen MR) is 102 cm³/mol. The number of fused-ring (bicyclic) bond motifs is 1. The number of aryl methyl sites for hydroxylation is 2. The minimum Gasteiger partial charge on any atom is -0.506 e. The van der Waals surface area contributed by atoms with Crippen LogP contribution in [0.15, 0.2) is 47.0 Å². The molecule has 0 aliphatic carbocycles. The molecule has 130 valence electrons. The lowest BCUT2D eigenvalue weighted by molar-refractivity contribution is 0.394. The molecule has 0 spiro atoms. The predicted octanol–water partition coefficient (Wildman–Crippen LogP) is 4.81. The number of nitrogens with zero attached hydrogens (tertiary/aromatic N) is 3. The van der Waals surface area contributed by atoms with E-state index >= 15 is 0 Å². The zero-order valence-electron chi connectivity index (χ0n) is 14.9. The maximum atomic E-state index is 9.99. The highest BCUT2D eigenvalue weighted by molar-refractivity contribution is 5.85. The Hall–Kier alpha value is -3.34. The number of aromatic nitrogens is 3. The lowest BCUT2D eigenvalue weighted by Crippen LogP contribution is -1.98. The number of phenolic OH excluding ortho intramolecular Hbond substituents is 1. The summed E-state index contributed by atoms with van der Waals surface area (Å²) in [6, 6.07) is 13.3. The Morgan fingerprint density at radius 3 is 2.65 bits per heavy atom. The first-order valence-corrected chi connectivity index (χ1v) is 8.42. The van der Waals surface area contributed by atoms with Gasteiger partial charge in [0.15, 0.2) is 5.82 Å². The van der Waals surface area contributed by atoms with Crippen molar-refractivity contribution in [1.82, 2.24) is 14.7 Å². The van der Waals surface area contributed by atoms with Crippen molar-refractivity contribution in [3.05, 3.63) is 70.9 Å². The van der Waals surface area contributed by atoms with Gasteiger partial charge in [-0.05, 0) is 50.6 Å². The largest absolute Gasteiger partial charge is 0.506 e. The molecule has 4 rings (SSSR count). The van der Waals surface area contributed by atoms with Crippen LogP contribution in [0.25, 0.3) is 28.9 Å². The third-order valence-corrected chi connectivity index (χ3v) is 4.47. The van der Waals surface area contributed by atoms with Crippen LogP contribution in [0.5, 0.6) is 5.75 Å². The zero-order chi connectivity index (χ0) is 18.3. The molecular formula is C21H19N3O2. The molecule has 5 nitrogen and oxygen atoms in total. The van der Waals surface area contributed by atoms with Gasteiger partial charge in [-0.1, -0.05) is 29.4 Å². The van der Waals surface area contributed by atoms with Crippen molar-refractivity contribution in [2.75, 3.05) is 0 Å². The van der Waals surface area contributed by atoms with Crippen molar-refractivity contribution in [3.63, 3.8) is 0 Å². The standard InChI is InChI=1S/C21H19N3O2/c1-13-11-17(15(3)24(13)20-12-14(2)26-23-20)8-10-18-9-7-16-5-4-6-19(25)21(16)22-18/h4-12,25H,1-3H3/b10-8+. The van der Waals surface area contributed by atoms with Gasteiger partial charge in [0.25, 0.3) is 0 Å². The lowest BCUT2D eigenvalue weighted by Gasteiger charge is -2.04. The SMILES string of the molecule is Cc1cc(-n2c(C)cc(/C=C/c3ccc4cccc(O)c4n3)c2C)no1. The van der Waals surface area contributed by atoms with E-state index < -0.39 is 0 Å². The van der Waals surface area contributed by atoms with Crippen LogP contribution in [-0.2, 0) is 0 Å². The molecule has 5 heteroatoms. The number of aromatic hydroxyl groups is 1. The van der Waals surface area contributed by atoms with Gasteiger partial charge in [0.1, 0.15) is 17.0 Å². The van der Waals surface area contributed by atoms with E-state index in [-0.39, 0.29) is 5.75 Å². The van der Waals surface area contributed by atoms with Crippen LogP contribution in [0.4, 0.5) is 0 Å². The van der Waals surface area contributed by atoms with Crippen LogP contribution in [0.1, 0.15) is 28.4 Å². The first-order chi connectivity index (χ1) is 12.5. The highest BCUT2D eigenvalue weighted by Gasteiger charge is 2.12. The Kier molecular flexibility index (Phi) is 3.84. The normalized spacial score (nSPS) is 11.7. The van der Waals surface area contributed by atoms with Crippen LogP contribution in [0.3, 0.4) is 0 Å². The summed E-state index contributed by atoms with van der Waals surface area (Å²) in [6.45, 7) is 5.98. The monoisotopic (exact) mass is 345 g/mol.